The third kappa shape index (κ3) is 3.63. The van der Waals surface area contributed by atoms with Crippen LogP contribution in [-0.2, 0) is 17.8 Å². The fourth-order valence-electron chi connectivity index (χ4n) is 3.64. The Morgan fingerprint density at radius 2 is 2.08 bits per heavy atom. The highest BCUT2D eigenvalue weighted by atomic mass is 127. The van der Waals surface area contributed by atoms with E-state index in [4.69, 9.17) is 4.74 Å². The van der Waals surface area contributed by atoms with Crippen LogP contribution in [0.5, 0.6) is 0 Å². The number of nitrogens with zero attached hydrogens (tertiary/aromatic N) is 3. The number of rotatable bonds is 3. The summed E-state index contributed by atoms with van der Waals surface area (Å²) in [5.41, 5.74) is 0.181. The van der Waals surface area contributed by atoms with E-state index in [2.05, 4.69) is 12.0 Å². The van der Waals surface area contributed by atoms with E-state index in [0.29, 0.717) is 27.8 Å². The first-order valence-electron chi connectivity index (χ1n) is 8.60. The Hall–Kier alpha value is -1.32. The minimum Gasteiger partial charge on any atom is -0.478 e. The van der Waals surface area contributed by atoms with Crippen molar-refractivity contribution in [1.82, 2.24) is 14.7 Å². The second-order valence-electron chi connectivity index (χ2n) is 7.84. The highest BCUT2D eigenvalue weighted by Gasteiger charge is 2.48. The molecule has 2 aliphatic rings. The number of halogens is 1. The number of amides is 1. The number of ether oxygens (including phenoxy) is 1. The molecule has 1 saturated carbocycles. The van der Waals surface area contributed by atoms with E-state index in [1.165, 1.54) is 0 Å². The molecule has 2 heterocycles. The van der Waals surface area contributed by atoms with Crippen LogP contribution in [0.3, 0.4) is 0 Å². The molecule has 7 nitrogen and oxygen atoms in total. The number of carbonyl (C=O) groups excluding carboxylic acids is 1. The summed E-state index contributed by atoms with van der Waals surface area (Å²) >= 11 is 1.95. The summed E-state index contributed by atoms with van der Waals surface area (Å²) in [5.74, 6) is 0.0389. The first kappa shape index (κ1) is 18.5. The predicted molar refractivity (Wildman–Crippen MR) is 99.4 cm³/mol. The van der Waals surface area contributed by atoms with E-state index in [-0.39, 0.29) is 24.2 Å². The lowest BCUT2D eigenvalue weighted by Crippen LogP contribution is -2.50. The Morgan fingerprint density at radius 1 is 1.40 bits per heavy atom. The fraction of sp³-hybridized carbons (Fsp3) is 0.706. The molecular weight excluding hydrogens is 437 g/mol. The maximum absolute atomic E-state index is 12.8. The maximum atomic E-state index is 12.8. The monoisotopic (exact) mass is 461 g/mol. The molecule has 1 aromatic heterocycles. The van der Waals surface area contributed by atoms with Gasteiger partial charge >= 0.3 is 12.1 Å². The number of hydrogen-bond donors (Lipinski definition) is 1. The molecule has 0 radical (unpaired) electrons. The van der Waals surface area contributed by atoms with E-state index in [1.807, 2.05) is 43.4 Å². The Balaban J connectivity index is 1.93. The normalized spacial score (nSPS) is 25.5. The van der Waals surface area contributed by atoms with E-state index in [0.717, 1.165) is 12.8 Å². The number of hydrogen-bond acceptors (Lipinski definition) is 4. The Kier molecular flexibility index (Phi) is 4.76. The third-order valence-electron chi connectivity index (χ3n) is 4.93. The Labute approximate surface area is 160 Å². The minimum absolute atomic E-state index is 0.00430. The van der Waals surface area contributed by atoms with E-state index >= 15 is 0 Å². The SMILES string of the molecule is CCC1CC1C1Cn2nc(I)c(C(=O)O)c2CN1C(=O)OC(C)(C)C. The minimum atomic E-state index is -1.01. The molecule has 138 valence electrons. The zero-order valence-electron chi connectivity index (χ0n) is 15.0. The molecule has 8 heteroatoms. The van der Waals surface area contributed by atoms with Crippen LogP contribution < -0.4 is 0 Å². The standard InChI is InChI=1S/C17H24IN3O4/c1-5-9-6-10(9)11-8-21-12(13(15(22)23)14(18)19-21)7-20(11)16(24)25-17(2,3)4/h9-11H,5-8H2,1-4H3,(H,22,23). The smallest absolute Gasteiger partial charge is 0.410 e. The summed E-state index contributed by atoms with van der Waals surface area (Å²) in [4.78, 5) is 26.1. The van der Waals surface area contributed by atoms with Crippen molar-refractivity contribution in [1.29, 1.82) is 0 Å². The van der Waals surface area contributed by atoms with Gasteiger partial charge in [0.2, 0.25) is 0 Å². The molecule has 1 fully saturated rings. The van der Waals surface area contributed by atoms with Gasteiger partial charge in [-0.1, -0.05) is 13.3 Å². The van der Waals surface area contributed by atoms with Crippen molar-refractivity contribution in [2.75, 3.05) is 0 Å². The van der Waals surface area contributed by atoms with Gasteiger partial charge in [0.05, 0.1) is 24.8 Å². The number of aromatic nitrogens is 2. The van der Waals surface area contributed by atoms with Crippen LogP contribution in [0.25, 0.3) is 0 Å². The number of carbonyl (C=O) groups is 2. The summed E-state index contributed by atoms with van der Waals surface area (Å²) in [7, 11) is 0. The predicted octanol–water partition coefficient (Wildman–Crippen LogP) is 3.35. The molecule has 1 aromatic rings. The van der Waals surface area contributed by atoms with E-state index in [9.17, 15) is 14.7 Å². The molecule has 0 saturated heterocycles. The third-order valence-corrected chi connectivity index (χ3v) is 5.69. The van der Waals surface area contributed by atoms with Crippen molar-refractivity contribution in [3.8, 4) is 0 Å². The summed E-state index contributed by atoms with van der Waals surface area (Å²) in [6.07, 6.45) is 1.81. The highest BCUT2D eigenvalue weighted by Crippen LogP contribution is 2.47. The van der Waals surface area contributed by atoms with Crippen molar-refractivity contribution < 1.29 is 19.4 Å². The molecule has 3 rings (SSSR count). The second kappa shape index (κ2) is 6.44. The average molecular weight is 461 g/mol. The van der Waals surface area contributed by atoms with Gasteiger partial charge in [0.1, 0.15) is 14.9 Å². The highest BCUT2D eigenvalue weighted by molar-refractivity contribution is 14.1. The van der Waals surface area contributed by atoms with Crippen LogP contribution >= 0.6 is 22.6 Å². The van der Waals surface area contributed by atoms with Crippen molar-refractivity contribution in [3.63, 3.8) is 0 Å². The van der Waals surface area contributed by atoms with Crippen LogP contribution in [0.2, 0.25) is 0 Å². The van der Waals surface area contributed by atoms with Gasteiger partial charge in [0.15, 0.2) is 0 Å². The summed E-state index contributed by atoms with van der Waals surface area (Å²) in [5, 5.41) is 13.9. The number of carboxylic acid groups (broad SMARTS) is 1. The lowest BCUT2D eigenvalue weighted by molar-refractivity contribution is 0.00258. The average Bonchev–Trinajstić information content (AvgIpc) is 3.18. The zero-order valence-corrected chi connectivity index (χ0v) is 17.1. The largest absolute Gasteiger partial charge is 0.478 e. The maximum Gasteiger partial charge on any atom is 0.410 e. The molecule has 1 N–H and O–H groups in total. The molecule has 1 aliphatic heterocycles. The number of aromatic carboxylic acids is 1. The first-order valence-corrected chi connectivity index (χ1v) is 9.68. The summed E-state index contributed by atoms with van der Waals surface area (Å²) < 4.78 is 7.82. The van der Waals surface area contributed by atoms with E-state index in [1.54, 1.807) is 9.58 Å². The summed E-state index contributed by atoms with van der Waals surface area (Å²) in [6, 6.07) is 0.00430. The van der Waals surface area contributed by atoms with Gasteiger partial charge in [-0.15, -0.1) is 0 Å². The quantitative estimate of drug-likeness (QED) is 0.699. The first-order chi connectivity index (χ1) is 11.6. The van der Waals surface area contributed by atoms with Gasteiger partial charge in [-0.3, -0.25) is 9.58 Å². The van der Waals surface area contributed by atoms with Gasteiger partial charge in [-0.05, 0) is 61.6 Å². The van der Waals surface area contributed by atoms with Crippen molar-refractivity contribution >= 4 is 34.7 Å². The molecule has 3 atom stereocenters. The molecule has 1 aliphatic carbocycles. The van der Waals surface area contributed by atoms with Crippen LogP contribution in [-0.4, -0.2) is 43.5 Å². The van der Waals surface area contributed by atoms with Crippen LogP contribution in [0.4, 0.5) is 4.79 Å². The fourth-order valence-corrected chi connectivity index (χ4v) is 4.44. The molecule has 25 heavy (non-hydrogen) atoms. The topological polar surface area (TPSA) is 84.7 Å². The van der Waals surface area contributed by atoms with Crippen LogP contribution in [0.1, 0.15) is 56.6 Å². The summed E-state index contributed by atoms with van der Waals surface area (Å²) in [6.45, 7) is 8.43. The van der Waals surface area contributed by atoms with Gasteiger partial charge < -0.3 is 9.84 Å². The van der Waals surface area contributed by atoms with Gasteiger partial charge in [0.25, 0.3) is 0 Å². The Morgan fingerprint density at radius 3 is 2.60 bits per heavy atom. The number of carboxylic acids is 1. The lowest BCUT2D eigenvalue weighted by Gasteiger charge is -2.37. The molecule has 0 aromatic carbocycles. The number of fused-ring (bicyclic) bond motifs is 1. The van der Waals surface area contributed by atoms with Gasteiger partial charge in [-0.2, -0.15) is 5.10 Å². The van der Waals surface area contributed by atoms with Gasteiger partial charge in [-0.25, -0.2) is 9.59 Å². The van der Waals surface area contributed by atoms with Crippen molar-refractivity contribution in [3.05, 3.63) is 15.0 Å². The Bertz CT molecular complexity index is 709. The van der Waals surface area contributed by atoms with Crippen molar-refractivity contribution in [2.24, 2.45) is 11.8 Å². The molecule has 0 bridgehead atoms. The lowest BCUT2D eigenvalue weighted by atomic mass is 10.0. The van der Waals surface area contributed by atoms with Crippen LogP contribution in [0.15, 0.2) is 0 Å². The molecule has 1 amide bonds. The second-order valence-corrected chi connectivity index (χ2v) is 8.87. The van der Waals surface area contributed by atoms with Crippen molar-refractivity contribution in [2.45, 2.75) is 65.3 Å². The van der Waals surface area contributed by atoms with Gasteiger partial charge in [0, 0.05) is 0 Å². The molecular formula is C17H24IN3O4. The van der Waals surface area contributed by atoms with E-state index < -0.39 is 11.6 Å². The molecule has 3 unspecified atom stereocenters. The molecule has 0 spiro atoms. The van der Waals surface area contributed by atoms with Crippen LogP contribution in [0, 0.1) is 15.5 Å². The zero-order chi connectivity index (χ0) is 18.5.